The molecule has 2 aromatic carbocycles. The SMILES string of the molecule is CCOc1c(CNc2ccc(OC)cc2)cc(Br)cc1OC. The number of hydrogen-bond acceptors (Lipinski definition) is 4. The minimum Gasteiger partial charge on any atom is -0.497 e. The first kappa shape index (κ1) is 16.5. The van der Waals surface area contributed by atoms with E-state index in [2.05, 4.69) is 21.2 Å². The van der Waals surface area contributed by atoms with Gasteiger partial charge in [-0.15, -0.1) is 0 Å². The van der Waals surface area contributed by atoms with Crippen LogP contribution in [0.15, 0.2) is 40.9 Å². The Hall–Kier alpha value is -1.88. The van der Waals surface area contributed by atoms with Crippen molar-refractivity contribution in [2.24, 2.45) is 0 Å². The Morgan fingerprint density at radius 2 is 1.77 bits per heavy atom. The van der Waals surface area contributed by atoms with Crippen molar-refractivity contribution in [3.8, 4) is 17.2 Å². The zero-order chi connectivity index (χ0) is 15.9. The van der Waals surface area contributed by atoms with Gasteiger partial charge in [-0.1, -0.05) is 15.9 Å². The molecule has 0 radical (unpaired) electrons. The molecule has 4 nitrogen and oxygen atoms in total. The molecule has 118 valence electrons. The Bertz CT molecular complexity index is 614. The normalized spacial score (nSPS) is 10.2. The Labute approximate surface area is 139 Å². The van der Waals surface area contributed by atoms with Gasteiger partial charge in [0, 0.05) is 22.3 Å². The lowest BCUT2D eigenvalue weighted by Crippen LogP contribution is -2.05. The highest BCUT2D eigenvalue weighted by Crippen LogP contribution is 2.35. The second-order valence-electron chi connectivity index (χ2n) is 4.61. The molecule has 0 aliphatic rings. The highest BCUT2D eigenvalue weighted by atomic mass is 79.9. The van der Waals surface area contributed by atoms with E-state index in [4.69, 9.17) is 14.2 Å². The molecular weight excluding hydrogens is 346 g/mol. The van der Waals surface area contributed by atoms with Gasteiger partial charge in [0.25, 0.3) is 0 Å². The van der Waals surface area contributed by atoms with Crippen LogP contribution in [0.1, 0.15) is 12.5 Å². The second-order valence-corrected chi connectivity index (χ2v) is 5.53. The topological polar surface area (TPSA) is 39.7 Å². The number of anilines is 1. The highest BCUT2D eigenvalue weighted by Gasteiger charge is 2.12. The lowest BCUT2D eigenvalue weighted by Gasteiger charge is -2.16. The summed E-state index contributed by atoms with van der Waals surface area (Å²) >= 11 is 3.50. The quantitative estimate of drug-likeness (QED) is 0.785. The van der Waals surface area contributed by atoms with Gasteiger partial charge in [0.05, 0.1) is 20.8 Å². The van der Waals surface area contributed by atoms with Crippen molar-refractivity contribution < 1.29 is 14.2 Å². The maximum atomic E-state index is 5.73. The van der Waals surface area contributed by atoms with Gasteiger partial charge in [-0.05, 0) is 43.3 Å². The zero-order valence-corrected chi connectivity index (χ0v) is 14.6. The van der Waals surface area contributed by atoms with Gasteiger partial charge in [-0.3, -0.25) is 0 Å². The Morgan fingerprint density at radius 1 is 1.05 bits per heavy atom. The van der Waals surface area contributed by atoms with Gasteiger partial charge >= 0.3 is 0 Å². The van der Waals surface area contributed by atoms with Crippen molar-refractivity contribution in [1.29, 1.82) is 0 Å². The molecule has 0 heterocycles. The molecular formula is C17H20BrNO3. The van der Waals surface area contributed by atoms with E-state index in [9.17, 15) is 0 Å². The molecule has 0 saturated heterocycles. The number of rotatable bonds is 7. The molecule has 2 aromatic rings. The molecule has 0 atom stereocenters. The second kappa shape index (κ2) is 7.94. The third-order valence-corrected chi connectivity index (χ3v) is 3.64. The Kier molecular flexibility index (Phi) is 5.95. The molecule has 0 aromatic heterocycles. The van der Waals surface area contributed by atoms with E-state index >= 15 is 0 Å². The van der Waals surface area contributed by atoms with Crippen LogP contribution in [0.25, 0.3) is 0 Å². The number of hydrogen-bond donors (Lipinski definition) is 1. The largest absolute Gasteiger partial charge is 0.497 e. The van der Waals surface area contributed by atoms with Crippen LogP contribution in [-0.4, -0.2) is 20.8 Å². The fourth-order valence-corrected chi connectivity index (χ4v) is 2.60. The summed E-state index contributed by atoms with van der Waals surface area (Å²) in [4.78, 5) is 0. The molecule has 0 aliphatic carbocycles. The first-order chi connectivity index (χ1) is 10.7. The van der Waals surface area contributed by atoms with Gasteiger partial charge < -0.3 is 19.5 Å². The smallest absolute Gasteiger partial charge is 0.166 e. The van der Waals surface area contributed by atoms with Crippen LogP contribution in [0, 0.1) is 0 Å². The minimum atomic E-state index is 0.591. The summed E-state index contributed by atoms with van der Waals surface area (Å²) in [7, 11) is 3.30. The summed E-state index contributed by atoms with van der Waals surface area (Å²) in [5.74, 6) is 2.33. The summed E-state index contributed by atoms with van der Waals surface area (Å²) in [6, 6.07) is 11.7. The molecule has 22 heavy (non-hydrogen) atoms. The summed E-state index contributed by atoms with van der Waals surface area (Å²) in [5, 5.41) is 3.38. The number of methoxy groups -OCH3 is 2. The van der Waals surface area contributed by atoms with Crippen LogP contribution in [0.2, 0.25) is 0 Å². The van der Waals surface area contributed by atoms with Gasteiger partial charge in [0.2, 0.25) is 0 Å². The van der Waals surface area contributed by atoms with Crippen molar-refractivity contribution >= 4 is 21.6 Å². The van der Waals surface area contributed by atoms with E-state index in [1.54, 1.807) is 14.2 Å². The molecule has 0 aliphatic heterocycles. The summed E-state index contributed by atoms with van der Waals surface area (Å²) < 4.78 is 17.3. The van der Waals surface area contributed by atoms with E-state index in [-0.39, 0.29) is 0 Å². The minimum absolute atomic E-state index is 0.591. The van der Waals surface area contributed by atoms with E-state index in [1.165, 1.54) is 0 Å². The molecule has 0 unspecified atom stereocenters. The van der Waals surface area contributed by atoms with E-state index in [0.717, 1.165) is 33.0 Å². The van der Waals surface area contributed by atoms with Crippen LogP contribution >= 0.6 is 15.9 Å². The fourth-order valence-electron chi connectivity index (χ4n) is 2.12. The lowest BCUT2D eigenvalue weighted by atomic mass is 10.1. The summed E-state index contributed by atoms with van der Waals surface area (Å²) in [5.41, 5.74) is 2.05. The fraction of sp³-hybridized carbons (Fsp3) is 0.294. The third-order valence-electron chi connectivity index (χ3n) is 3.18. The molecule has 5 heteroatoms. The predicted octanol–water partition coefficient (Wildman–Crippen LogP) is 4.48. The van der Waals surface area contributed by atoms with Crippen molar-refractivity contribution in [2.75, 3.05) is 26.1 Å². The number of ether oxygens (including phenoxy) is 3. The summed E-state index contributed by atoms with van der Waals surface area (Å²) in [6.07, 6.45) is 0. The number of benzene rings is 2. The Balaban J connectivity index is 2.18. The van der Waals surface area contributed by atoms with E-state index < -0.39 is 0 Å². The van der Waals surface area contributed by atoms with Crippen LogP contribution < -0.4 is 19.5 Å². The monoisotopic (exact) mass is 365 g/mol. The average molecular weight is 366 g/mol. The van der Waals surface area contributed by atoms with E-state index in [0.29, 0.717) is 13.2 Å². The third kappa shape index (κ3) is 4.07. The van der Waals surface area contributed by atoms with Gasteiger partial charge in [0.15, 0.2) is 11.5 Å². The van der Waals surface area contributed by atoms with Gasteiger partial charge in [-0.2, -0.15) is 0 Å². The molecule has 0 saturated carbocycles. The molecule has 0 amide bonds. The van der Waals surface area contributed by atoms with Gasteiger partial charge in [0.1, 0.15) is 5.75 Å². The summed E-state index contributed by atoms with van der Waals surface area (Å²) in [6.45, 7) is 3.19. The van der Waals surface area contributed by atoms with Crippen LogP contribution in [0.4, 0.5) is 5.69 Å². The predicted molar refractivity (Wildman–Crippen MR) is 92.2 cm³/mol. The van der Waals surface area contributed by atoms with Crippen LogP contribution in [0.5, 0.6) is 17.2 Å². The van der Waals surface area contributed by atoms with Crippen LogP contribution in [-0.2, 0) is 6.54 Å². The molecule has 0 spiro atoms. The van der Waals surface area contributed by atoms with Crippen LogP contribution in [0.3, 0.4) is 0 Å². The Morgan fingerprint density at radius 3 is 2.36 bits per heavy atom. The first-order valence-corrected chi connectivity index (χ1v) is 7.84. The molecule has 1 N–H and O–H groups in total. The maximum absolute atomic E-state index is 5.73. The number of nitrogens with one attached hydrogen (secondary N) is 1. The average Bonchev–Trinajstić information content (AvgIpc) is 2.55. The molecule has 0 fully saturated rings. The first-order valence-electron chi connectivity index (χ1n) is 7.05. The van der Waals surface area contributed by atoms with Crippen molar-refractivity contribution in [3.63, 3.8) is 0 Å². The highest BCUT2D eigenvalue weighted by molar-refractivity contribution is 9.10. The lowest BCUT2D eigenvalue weighted by molar-refractivity contribution is 0.308. The van der Waals surface area contributed by atoms with Crippen molar-refractivity contribution in [1.82, 2.24) is 0 Å². The maximum Gasteiger partial charge on any atom is 0.166 e. The van der Waals surface area contributed by atoms with E-state index in [1.807, 2.05) is 43.3 Å². The standard InChI is InChI=1S/C17H20BrNO3/c1-4-22-17-12(9-13(18)10-16(17)21-3)11-19-14-5-7-15(20-2)8-6-14/h5-10,19H,4,11H2,1-3H3. The zero-order valence-electron chi connectivity index (χ0n) is 13.0. The molecule has 2 rings (SSSR count). The van der Waals surface area contributed by atoms with Crippen molar-refractivity contribution in [3.05, 3.63) is 46.4 Å². The number of halogens is 1. The molecule has 0 bridgehead atoms. The van der Waals surface area contributed by atoms with Gasteiger partial charge in [-0.25, -0.2) is 0 Å². The van der Waals surface area contributed by atoms with Crippen molar-refractivity contribution in [2.45, 2.75) is 13.5 Å².